The van der Waals surface area contributed by atoms with E-state index in [4.69, 9.17) is 11.6 Å². The van der Waals surface area contributed by atoms with E-state index in [0.717, 1.165) is 23.8 Å². The van der Waals surface area contributed by atoms with Crippen LogP contribution in [-0.4, -0.2) is 29.0 Å². The molecular formula is C32H46ClN3O. The first-order valence-corrected chi connectivity index (χ1v) is 15.5. The lowest BCUT2D eigenvalue weighted by Gasteiger charge is -2.43. The van der Waals surface area contributed by atoms with E-state index in [1.54, 1.807) is 0 Å². The van der Waals surface area contributed by atoms with Crippen molar-refractivity contribution in [3.05, 3.63) is 46.1 Å². The zero-order chi connectivity index (χ0) is 25.8. The Morgan fingerprint density at radius 1 is 1.03 bits per heavy atom. The number of benzene rings is 1. The number of carbonyl (C=O) groups excluding carboxylic acids is 1. The van der Waals surface area contributed by atoms with Crippen LogP contribution in [0.4, 0.5) is 0 Å². The summed E-state index contributed by atoms with van der Waals surface area (Å²) < 4.78 is 0. The number of nitrogens with one attached hydrogen (secondary N) is 2. The highest BCUT2D eigenvalue weighted by Gasteiger charge is 2.60. The SMILES string of the molecule is CC12CCC(C1)C(C)(C)[C@H]2NC(=O)C1NN(C2CCCCC2)C2=C1CCCCC2Cc1ccc(Cl)cc1. The third kappa shape index (κ3) is 4.65. The normalized spacial score (nSPS) is 35.5. The van der Waals surface area contributed by atoms with Crippen molar-refractivity contribution in [1.29, 1.82) is 0 Å². The van der Waals surface area contributed by atoms with E-state index >= 15 is 0 Å². The van der Waals surface area contributed by atoms with Gasteiger partial charge in [0.15, 0.2) is 0 Å². The number of halogens is 1. The van der Waals surface area contributed by atoms with Crippen molar-refractivity contribution in [3.8, 4) is 0 Å². The average Bonchev–Trinajstić information content (AvgIpc) is 3.47. The molecule has 6 rings (SSSR count). The van der Waals surface area contributed by atoms with Crippen molar-refractivity contribution >= 4 is 17.5 Å². The van der Waals surface area contributed by atoms with Gasteiger partial charge in [-0.2, -0.15) is 0 Å². The van der Waals surface area contributed by atoms with Crippen LogP contribution in [0.2, 0.25) is 5.02 Å². The summed E-state index contributed by atoms with van der Waals surface area (Å²) in [5, 5.41) is 6.96. The van der Waals surface area contributed by atoms with E-state index in [1.165, 1.54) is 87.5 Å². The molecule has 0 radical (unpaired) electrons. The summed E-state index contributed by atoms with van der Waals surface area (Å²) in [5.74, 6) is 1.39. The molecular weight excluding hydrogens is 478 g/mol. The number of rotatable bonds is 5. The highest BCUT2D eigenvalue weighted by molar-refractivity contribution is 6.30. The first-order valence-electron chi connectivity index (χ1n) is 15.1. The minimum Gasteiger partial charge on any atom is -0.351 e. The minimum absolute atomic E-state index is 0.169. The second kappa shape index (κ2) is 9.90. The first-order chi connectivity index (χ1) is 17.8. The van der Waals surface area contributed by atoms with E-state index < -0.39 is 0 Å². The Labute approximate surface area is 228 Å². The molecule has 5 aliphatic rings. The molecule has 4 aliphatic carbocycles. The van der Waals surface area contributed by atoms with Gasteiger partial charge >= 0.3 is 0 Å². The molecule has 1 aliphatic heterocycles. The van der Waals surface area contributed by atoms with E-state index in [-0.39, 0.29) is 28.8 Å². The standard InChI is InChI=1S/C32H46ClN3O/c1-31(2)23-17-18-32(3,20-23)30(31)34-29(37)27-26-12-8-7-9-22(19-21-13-15-24(33)16-14-21)28(26)36(35-27)25-10-5-4-6-11-25/h13-16,22-23,25,27,30,35H,4-12,17-20H2,1-3H3,(H,34,37)/t22?,23?,27?,30-,32?/m1/s1. The van der Waals surface area contributed by atoms with Gasteiger partial charge in [0.1, 0.15) is 6.04 Å². The third-order valence-corrected chi connectivity index (χ3v) is 11.2. The van der Waals surface area contributed by atoms with Crippen LogP contribution in [0, 0.1) is 22.7 Å². The Morgan fingerprint density at radius 2 is 1.76 bits per heavy atom. The summed E-state index contributed by atoms with van der Waals surface area (Å²) in [6.45, 7) is 7.20. The van der Waals surface area contributed by atoms with Crippen LogP contribution < -0.4 is 10.7 Å². The van der Waals surface area contributed by atoms with Gasteiger partial charge in [-0.05, 0) is 97.8 Å². The number of hydrogen-bond donors (Lipinski definition) is 2. The monoisotopic (exact) mass is 523 g/mol. The lowest BCUT2D eigenvalue weighted by Crippen LogP contribution is -2.57. The smallest absolute Gasteiger partial charge is 0.243 e. The molecule has 1 amide bonds. The number of hydrogen-bond acceptors (Lipinski definition) is 3. The van der Waals surface area contributed by atoms with Crippen LogP contribution in [0.25, 0.3) is 0 Å². The molecule has 3 fully saturated rings. The molecule has 1 heterocycles. The van der Waals surface area contributed by atoms with Gasteiger partial charge in [-0.25, -0.2) is 5.43 Å². The van der Waals surface area contributed by atoms with E-state index in [0.29, 0.717) is 12.0 Å². The lowest BCUT2D eigenvalue weighted by molar-refractivity contribution is -0.125. The molecule has 5 heteroatoms. The summed E-state index contributed by atoms with van der Waals surface area (Å²) in [6, 6.07) is 8.94. The van der Waals surface area contributed by atoms with Crippen molar-refractivity contribution in [2.75, 3.05) is 0 Å². The fraction of sp³-hybridized carbons (Fsp3) is 0.719. The summed E-state index contributed by atoms with van der Waals surface area (Å²) in [6.07, 6.45) is 15.8. The van der Waals surface area contributed by atoms with Crippen LogP contribution in [0.15, 0.2) is 35.5 Å². The zero-order valence-corrected chi connectivity index (χ0v) is 23.9. The van der Waals surface area contributed by atoms with Gasteiger partial charge in [0.25, 0.3) is 0 Å². The molecule has 5 atom stereocenters. The van der Waals surface area contributed by atoms with E-state index in [2.05, 4.69) is 48.7 Å². The topological polar surface area (TPSA) is 44.4 Å². The number of carbonyl (C=O) groups is 1. The summed E-state index contributed by atoms with van der Waals surface area (Å²) >= 11 is 6.20. The highest BCUT2D eigenvalue weighted by atomic mass is 35.5. The van der Waals surface area contributed by atoms with Crippen molar-refractivity contribution in [2.24, 2.45) is 22.7 Å². The van der Waals surface area contributed by atoms with Crippen molar-refractivity contribution in [1.82, 2.24) is 15.8 Å². The maximum Gasteiger partial charge on any atom is 0.243 e. The molecule has 2 bridgehead atoms. The Morgan fingerprint density at radius 3 is 2.46 bits per heavy atom. The Balaban J connectivity index is 1.30. The molecule has 2 N–H and O–H groups in total. The Hall–Kier alpha value is -1.52. The van der Waals surface area contributed by atoms with Crippen LogP contribution in [0.1, 0.15) is 103 Å². The largest absolute Gasteiger partial charge is 0.351 e. The van der Waals surface area contributed by atoms with Gasteiger partial charge in [-0.3, -0.25) is 4.79 Å². The van der Waals surface area contributed by atoms with Crippen molar-refractivity contribution in [2.45, 2.75) is 122 Å². The van der Waals surface area contributed by atoms with Crippen LogP contribution in [0.5, 0.6) is 0 Å². The quantitative estimate of drug-likeness (QED) is 0.429. The molecule has 0 aromatic heterocycles. The fourth-order valence-electron chi connectivity index (χ4n) is 9.01. The Bertz CT molecular complexity index is 1040. The molecule has 0 saturated heterocycles. The zero-order valence-electron chi connectivity index (χ0n) is 23.1. The maximum atomic E-state index is 14.2. The number of amides is 1. The summed E-state index contributed by atoms with van der Waals surface area (Å²) in [5.41, 5.74) is 8.43. The number of hydrazine groups is 1. The van der Waals surface area contributed by atoms with Gasteiger partial charge in [-0.15, -0.1) is 0 Å². The van der Waals surface area contributed by atoms with Gasteiger partial charge < -0.3 is 10.3 Å². The van der Waals surface area contributed by atoms with Crippen molar-refractivity contribution < 1.29 is 4.79 Å². The summed E-state index contributed by atoms with van der Waals surface area (Å²) in [7, 11) is 0. The van der Waals surface area contributed by atoms with Crippen LogP contribution in [-0.2, 0) is 11.2 Å². The molecule has 1 aromatic carbocycles. The van der Waals surface area contributed by atoms with Crippen molar-refractivity contribution in [3.63, 3.8) is 0 Å². The predicted octanol–water partition coefficient (Wildman–Crippen LogP) is 7.18. The molecule has 4 nitrogen and oxygen atoms in total. The Kier molecular flexibility index (Phi) is 6.89. The van der Waals surface area contributed by atoms with E-state index in [1.807, 2.05) is 12.1 Å². The second-order valence-electron chi connectivity index (χ2n) is 13.8. The van der Waals surface area contributed by atoms with Gasteiger partial charge in [0.05, 0.1) is 0 Å². The van der Waals surface area contributed by atoms with E-state index in [9.17, 15) is 4.79 Å². The van der Waals surface area contributed by atoms with Gasteiger partial charge in [0.2, 0.25) is 5.91 Å². The molecule has 202 valence electrons. The molecule has 4 unspecified atom stereocenters. The molecule has 1 aromatic rings. The lowest BCUT2D eigenvalue weighted by atomic mass is 9.68. The first kappa shape index (κ1) is 25.7. The second-order valence-corrected chi connectivity index (χ2v) is 14.2. The molecule has 0 spiro atoms. The van der Waals surface area contributed by atoms with Crippen LogP contribution in [0.3, 0.4) is 0 Å². The van der Waals surface area contributed by atoms with Gasteiger partial charge in [0, 0.05) is 28.7 Å². The minimum atomic E-state index is -0.221. The predicted molar refractivity (Wildman–Crippen MR) is 151 cm³/mol. The highest BCUT2D eigenvalue weighted by Crippen LogP contribution is 2.62. The summed E-state index contributed by atoms with van der Waals surface area (Å²) in [4.78, 5) is 14.2. The van der Waals surface area contributed by atoms with Crippen LogP contribution >= 0.6 is 11.6 Å². The fourth-order valence-corrected chi connectivity index (χ4v) is 9.14. The average molecular weight is 524 g/mol. The molecule has 3 saturated carbocycles. The maximum absolute atomic E-state index is 14.2. The number of allylic oxidation sites excluding steroid dienone is 1. The number of nitrogens with zero attached hydrogens (tertiary/aromatic N) is 1. The third-order valence-electron chi connectivity index (χ3n) is 11.0. The van der Waals surface area contributed by atoms with Gasteiger partial charge in [-0.1, -0.05) is 70.2 Å². The number of fused-ring (bicyclic) bond motifs is 2. The molecule has 37 heavy (non-hydrogen) atoms.